The van der Waals surface area contributed by atoms with Gasteiger partial charge in [0, 0.05) is 12.1 Å². The fourth-order valence-corrected chi connectivity index (χ4v) is 3.20. The SMILES string of the molecule is CN(C)Cc1ccc(-c2cnc(N)c(C(=O)NC3CCCC3O)n2)cc1. The van der Waals surface area contributed by atoms with E-state index in [1.807, 2.05) is 38.4 Å². The number of nitrogens with two attached hydrogens (primary N) is 1. The fraction of sp³-hybridized carbons (Fsp3) is 0.421. The second kappa shape index (κ2) is 7.80. The normalized spacial score (nSPS) is 19.7. The summed E-state index contributed by atoms with van der Waals surface area (Å²) >= 11 is 0. The van der Waals surface area contributed by atoms with Crippen LogP contribution in [0.15, 0.2) is 30.5 Å². The van der Waals surface area contributed by atoms with Crippen molar-refractivity contribution in [3.63, 3.8) is 0 Å². The third-order valence-electron chi connectivity index (χ3n) is 4.56. The molecular weight excluding hydrogens is 330 g/mol. The highest BCUT2D eigenvalue weighted by Crippen LogP contribution is 2.22. The van der Waals surface area contributed by atoms with Crippen molar-refractivity contribution in [3.05, 3.63) is 41.7 Å². The number of hydrogen-bond donors (Lipinski definition) is 3. The van der Waals surface area contributed by atoms with Crippen LogP contribution in [0, 0.1) is 0 Å². The number of carbonyl (C=O) groups is 1. The maximum atomic E-state index is 12.5. The third kappa shape index (κ3) is 4.17. The molecule has 0 aliphatic heterocycles. The number of nitrogen functional groups attached to an aromatic ring is 1. The van der Waals surface area contributed by atoms with Crippen LogP contribution in [0.4, 0.5) is 5.82 Å². The molecule has 1 aliphatic rings. The van der Waals surface area contributed by atoms with Gasteiger partial charge >= 0.3 is 0 Å². The van der Waals surface area contributed by atoms with Crippen LogP contribution in [0.2, 0.25) is 0 Å². The zero-order valence-corrected chi connectivity index (χ0v) is 15.1. The highest BCUT2D eigenvalue weighted by molar-refractivity contribution is 5.97. The number of amides is 1. The fourth-order valence-electron chi connectivity index (χ4n) is 3.20. The first kappa shape index (κ1) is 18.3. The zero-order chi connectivity index (χ0) is 18.7. The number of benzene rings is 1. The Labute approximate surface area is 153 Å². The van der Waals surface area contributed by atoms with Crippen molar-refractivity contribution in [2.45, 2.75) is 38.0 Å². The molecule has 1 fully saturated rings. The highest BCUT2D eigenvalue weighted by Gasteiger charge is 2.28. The molecular formula is C19H25N5O2. The van der Waals surface area contributed by atoms with Crippen LogP contribution in [-0.4, -0.2) is 52.1 Å². The molecule has 1 amide bonds. The van der Waals surface area contributed by atoms with E-state index in [4.69, 9.17) is 5.73 Å². The van der Waals surface area contributed by atoms with Crippen molar-refractivity contribution in [1.82, 2.24) is 20.2 Å². The van der Waals surface area contributed by atoms with Crippen molar-refractivity contribution in [1.29, 1.82) is 0 Å². The molecule has 2 atom stereocenters. The Balaban J connectivity index is 1.79. The monoisotopic (exact) mass is 355 g/mol. The first-order valence-corrected chi connectivity index (χ1v) is 8.79. The first-order chi connectivity index (χ1) is 12.4. The number of aliphatic hydroxyl groups is 1. The van der Waals surface area contributed by atoms with E-state index in [2.05, 4.69) is 20.2 Å². The van der Waals surface area contributed by atoms with Crippen LogP contribution in [0.1, 0.15) is 35.3 Å². The molecule has 1 aromatic heterocycles. The molecule has 7 nitrogen and oxygen atoms in total. The average molecular weight is 355 g/mol. The van der Waals surface area contributed by atoms with Crippen LogP contribution in [0.5, 0.6) is 0 Å². The van der Waals surface area contributed by atoms with E-state index in [9.17, 15) is 9.90 Å². The van der Waals surface area contributed by atoms with Crippen molar-refractivity contribution < 1.29 is 9.90 Å². The van der Waals surface area contributed by atoms with Crippen LogP contribution in [-0.2, 0) is 6.54 Å². The maximum absolute atomic E-state index is 12.5. The summed E-state index contributed by atoms with van der Waals surface area (Å²) in [5, 5.41) is 12.7. The van der Waals surface area contributed by atoms with E-state index in [1.165, 1.54) is 5.56 Å². The van der Waals surface area contributed by atoms with Crippen LogP contribution in [0.3, 0.4) is 0 Å². The van der Waals surface area contributed by atoms with Gasteiger partial charge in [-0.3, -0.25) is 4.79 Å². The number of hydrogen-bond acceptors (Lipinski definition) is 6. The molecule has 4 N–H and O–H groups in total. The summed E-state index contributed by atoms with van der Waals surface area (Å²) in [6.07, 6.45) is 3.41. The number of carbonyl (C=O) groups excluding carboxylic acids is 1. The largest absolute Gasteiger partial charge is 0.391 e. The molecule has 26 heavy (non-hydrogen) atoms. The smallest absolute Gasteiger partial charge is 0.274 e. The van der Waals surface area contributed by atoms with Gasteiger partial charge in [0.25, 0.3) is 5.91 Å². The molecule has 7 heteroatoms. The van der Waals surface area contributed by atoms with Gasteiger partial charge in [-0.25, -0.2) is 9.97 Å². The molecule has 0 bridgehead atoms. The molecule has 138 valence electrons. The average Bonchev–Trinajstić information content (AvgIpc) is 3.00. The number of aliphatic hydroxyl groups excluding tert-OH is 1. The molecule has 0 spiro atoms. The molecule has 0 radical (unpaired) electrons. The molecule has 0 saturated heterocycles. The van der Waals surface area contributed by atoms with Crippen LogP contribution < -0.4 is 11.1 Å². The van der Waals surface area contributed by atoms with Crippen LogP contribution >= 0.6 is 0 Å². The van der Waals surface area contributed by atoms with Gasteiger partial charge in [0.15, 0.2) is 11.5 Å². The lowest BCUT2D eigenvalue weighted by Crippen LogP contribution is -2.40. The summed E-state index contributed by atoms with van der Waals surface area (Å²) in [4.78, 5) is 23.1. The molecule has 2 unspecified atom stereocenters. The molecule has 3 rings (SSSR count). The lowest BCUT2D eigenvalue weighted by Gasteiger charge is -2.16. The minimum atomic E-state index is -0.513. The number of anilines is 1. The number of nitrogens with one attached hydrogen (secondary N) is 1. The maximum Gasteiger partial charge on any atom is 0.274 e. The minimum Gasteiger partial charge on any atom is -0.391 e. The first-order valence-electron chi connectivity index (χ1n) is 8.79. The second-order valence-electron chi connectivity index (χ2n) is 7.00. The van der Waals surface area contributed by atoms with Gasteiger partial charge in [0.05, 0.1) is 24.0 Å². The lowest BCUT2D eigenvalue weighted by molar-refractivity contribution is 0.0869. The Morgan fingerprint density at radius 1 is 1.31 bits per heavy atom. The van der Waals surface area contributed by atoms with Crippen molar-refractivity contribution in [2.75, 3.05) is 19.8 Å². The van der Waals surface area contributed by atoms with E-state index in [0.29, 0.717) is 12.1 Å². The van der Waals surface area contributed by atoms with Gasteiger partial charge in [-0.2, -0.15) is 0 Å². The second-order valence-corrected chi connectivity index (χ2v) is 7.00. The van der Waals surface area contributed by atoms with Gasteiger partial charge in [-0.05, 0) is 38.9 Å². The van der Waals surface area contributed by atoms with E-state index < -0.39 is 12.0 Å². The Hall–Kier alpha value is -2.51. The van der Waals surface area contributed by atoms with Gasteiger partial charge in [0.2, 0.25) is 0 Å². The van der Waals surface area contributed by atoms with Crippen molar-refractivity contribution >= 4 is 11.7 Å². The number of aromatic nitrogens is 2. The molecule has 1 saturated carbocycles. The van der Waals surface area contributed by atoms with E-state index >= 15 is 0 Å². The molecule has 1 aliphatic carbocycles. The van der Waals surface area contributed by atoms with Crippen molar-refractivity contribution in [2.24, 2.45) is 0 Å². The number of nitrogens with zero attached hydrogens (tertiary/aromatic N) is 3. The number of rotatable bonds is 5. The summed E-state index contributed by atoms with van der Waals surface area (Å²) in [7, 11) is 4.04. The quantitative estimate of drug-likeness (QED) is 0.749. The third-order valence-corrected chi connectivity index (χ3v) is 4.56. The molecule has 1 aromatic carbocycles. The summed E-state index contributed by atoms with van der Waals surface area (Å²) in [6, 6.07) is 7.73. The van der Waals surface area contributed by atoms with E-state index in [-0.39, 0.29) is 17.6 Å². The lowest BCUT2D eigenvalue weighted by atomic mass is 10.1. The van der Waals surface area contributed by atoms with Crippen LogP contribution in [0.25, 0.3) is 11.3 Å². The van der Waals surface area contributed by atoms with Gasteiger partial charge in [-0.15, -0.1) is 0 Å². The standard InChI is InChI=1S/C19H25N5O2/c1-24(2)11-12-6-8-13(9-7-12)15-10-21-18(20)17(22-15)19(26)23-14-4-3-5-16(14)25/h6-10,14,16,25H,3-5,11H2,1-2H3,(H2,20,21)(H,23,26). The zero-order valence-electron chi connectivity index (χ0n) is 15.1. The summed E-state index contributed by atoms with van der Waals surface area (Å²) in [5.41, 5.74) is 8.60. The Kier molecular flexibility index (Phi) is 5.49. The van der Waals surface area contributed by atoms with E-state index in [1.54, 1.807) is 6.20 Å². The van der Waals surface area contributed by atoms with Gasteiger partial charge in [0.1, 0.15) is 0 Å². The van der Waals surface area contributed by atoms with Gasteiger partial charge < -0.3 is 21.1 Å². The minimum absolute atomic E-state index is 0.0861. The van der Waals surface area contributed by atoms with Crippen molar-refractivity contribution in [3.8, 4) is 11.3 Å². The highest BCUT2D eigenvalue weighted by atomic mass is 16.3. The topological polar surface area (TPSA) is 104 Å². The Bertz CT molecular complexity index is 776. The summed E-state index contributed by atoms with van der Waals surface area (Å²) in [5.74, 6) is -0.310. The predicted octanol–water partition coefficient (Wildman–Crippen LogP) is 1.43. The summed E-state index contributed by atoms with van der Waals surface area (Å²) < 4.78 is 0. The Morgan fingerprint density at radius 2 is 2.04 bits per heavy atom. The van der Waals surface area contributed by atoms with E-state index in [0.717, 1.165) is 24.9 Å². The molecule has 1 heterocycles. The Morgan fingerprint density at radius 3 is 2.65 bits per heavy atom. The summed E-state index contributed by atoms with van der Waals surface area (Å²) in [6.45, 7) is 0.852. The van der Waals surface area contributed by atoms with Gasteiger partial charge in [-0.1, -0.05) is 24.3 Å². The predicted molar refractivity (Wildman–Crippen MR) is 100 cm³/mol. The molecule has 2 aromatic rings.